The smallest absolute Gasteiger partial charge is 0.191 e. The van der Waals surface area contributed by atoms with E-state index in [2.05, 4.69) is 55.1 Å². The summed E-state index contributed by atoms with van der Waals surface area (Å²) in [6, 6.07) is 1.12. The lowest BCUT2D eigenvalue weighted by molar-refractivity contribution is 0.0824. The molecule has 6 heteroatoms. The van der Waals surface area contributed by atoms with Crippen LogP contribution in [0.25, 0.3) is 0 Å². The van der Waals surface area contributed by atoms with Crippen molar-refractivity contribution < 1.29 is 5.11 Å². The minimum Gasteiger partial charge on any atom is -0.393 e. The van der Waals surface area contributed by atoms with E-state index in [1.165, 1.54) is 0 Å². The molecule has 1 aliphatic heterocycles. The molecular formula is C19H41N5O. The summed E-state index contributed by atoms with van der Waals surface area (Å²) < 4.78 is 0. The van der Waals surface area contributed by atoms with Gasteiger partial charge in [-0.2, -0.15) is 0 Å². The van der Waals surface area contributed by atoms with Crippen LogP contribution in [-0.2, 0) is 0 Å². The van der Waals surface area contributed by atoms with Gasteiger partial charge in [0.2, 0.25) is 0 Å². The predicted octanol–water partition coefficient (Wildman–Crippen LogP) is 1.51. The summed E-state index contributed by atoms with van der Waals surface area (Å²) in [5.74, 6) is 0.920. The van der Waals surface area contributed by atoms with E-state index in [-0.39, 0.29) is 6.10 Å². The Balaban J connectivity index is 2.28. The molecule has 0 amide bonds. The Labute approximate surface area is 155 Å². The van der Waals surface area contributed by atoms with Gasteiger partial charge >= 0.3 is 0 Å². The number of nitrogens with one attached hydrogen (secondary N) is 2. The number of piperidine rings is 1. The summed E-state index contributed by atoms with van der Waals surface area (Å²) in [5, 5.41) is 16.3. The summed E-state index contributed by atoms with van der Waals surface area (Å²) >= 11 is 0. The Morgan fingerprint density at radius 3 is 2.36 bits per heavy atom. The first-order chi connectivity index (χ1) is 11.9. The van der Waals surface area contributed by atoms with Crippen molar-refractivity contribution in [2.45, 2.75) is 72.1 Å². The largest absolute Gasteiger partial charge is 0.393 e. The number of rotatable bonds is 10. The van der Waals surface area contributed by atoms with Gasteiger partial charge in [0.25, 0.3) is 0 Å². The van der Waals surface area contributed by atoms with E-state index in [0.717, 1.165) is 71.0 Å². The van der Waals surface area contributed by atoms with Crippen molar-refractivity contribution in [3.05, 3.63) is 0 Å². The van der Waals surface area contributed by atoms with Gasteiger partial charge in [0.05, 0.1) is 6.10 Å². The van der Waals surface area contributed by atoms with Gasteiger partial charge in [-0.25, -0.2) is 0 Å². The topological polar surface area (TPSA) is 63.1 Å². The molecule has 3 N–H and O–H groups in total. The molecular weight excluding hydrogens is 314 g/mol. The maximum Gasteiger partial charge on any atom is 0.191 e. The Morgan fingerprint density at radius 2 is 1.80 bits per heavy atom. The van der Waals surface area contributed by atoms with Crippen LogP contribution in [-0.4, -0.2) is 84.9 Å². The molecule has 0 saturated carbocycles. The number of aliphatic imine (C=N–C) groups is 1. The van der Waals surface area contributed by atoms with E-state index >= 15 is 0 Å². The third-order valence-corrected chi connectivity index (χ3v) is 4.79. The van der Waals surface area contributed by atoms with Crippen LogP contribution < -0.4 is 10.6 Å². The van der Waals surface area contributed by atoms with E-state index in [4.69, 9.17) is 4.99 Å². The quantitative estimate of drug-likeness (QED) is 0.315. The van der Waals surface area contributed by atoms with Gasteiger partial charge < -0.3 is 20.6 Å². The molecule has 6 nitrogen and oxygen atoms in total. The summed E-state index contributed by atoms with van der Waals surface area (Å²) in [7, 11) is 0. The maximum absolute atomic E-state index is 9.55. The van der Waals surface area contributed by atoms with Crippen LogP contribution in [0.2, 0.25) is 0 Å². The molecule has 1 aliphatic rings. The first-order valence-electron chi connectivity index (χ1n) is 10.1. The molecule has 0 aromatic rings. The lowest BCUT2D eigenvalue weighted by atomic mass is 10.1. The zero-order chi connectivity index (χ0) is 18.7. The number of guanidine groups is 1. The highest BCUT2D eigenvalue weighted by molar-refractivity contribution is 5.79. The maximum atomic E-state index is 9.55. The van der Waals surface area contributed by atoms with Gasteiger partial charge in [-0.1, -0.05) is 0 Å². The Kier molecular flexibility index (Phi) is 11.1. The lowest BCUT2D eigenvalue weighted by Crippen LogP contribution is -2.45. The SMILES string of the molecule is CCNC(=NCCCN1CCC(O)CC1)NCCN(C(C)C)C(C)C. The second-order valence-corrected chi connectivity index (χ2v) is 7.54. The highest BCUT2D eigenvalue weighted by Gasteiger charge is 2.16. The van der Waals surface area contributed by atoms with Crippen molar-refractivity contribution in [2.24, 2.45) is 4.99 Å². The van der Waals surface area contributed by atoms with Crippen LogP contribution in [0.15, 0.2) is 4.99 Å². The highest BCUT2D eigenvalue weighted by atomic mass is 16.3. The van der Waals surface area contributed by atoms with Crippen LogP contribution >= 0.6 is 0 Å². The molecule has 0 aromatic carbocycles. The van der Waals surface area contributed by atoms with Crippen molar-refractivity contribution in [1.82, 2.24) is 20.4 Å². The molecule has 0 aromatic heterocycles. The van der Waals surface area contributed by atoms with Gasteiger partial charge in [0.1, 0.15) is 0 Å². The van der Waals surface area contributed by atoms with Crippen LogP contribution in [0.5, 0.6) is 0 Å². The van der Waals surface area contributed by atoms with E-state index in [1.807, 2.05) is 0 Å². The zero-order valence-corrected chi connectivity index (χ0v) is 17.1. The fraction of sp³-hybridized carbons (Fsp3) is 0.947. The van der Waals surface area contributed by atoms with Gasteiger partial charge in [0, 0.05) is 51.4 Å². The van der Waals surface area contributed by atoms with Crippen molar-refractivity contribution >= 4 is 5.96 Å². The van der Waals surface area contributed by atoms with Gasteiger partial charge in [-0.15, -0.1) is 0 Å². The van der Waals surface area contributed by atoms with Gasteiger partial charge in [-0.05, 0) is 60.4 Å². The standard InChI is InChI=1S/C19H41N5O/c1-6-20-19(22-11-15-24(16(2)3)17(4)5)21-10-7-12-23-13-8-18(25)9-14-23/h16-18,25H,6-15H2,1-5H3,(H2,20,21,22). The summed E-state index contributed by atoms with van der Waals surface area (Å²) in [4.78, 5) is 9.62. The van der Waals surface area contributed by atoms with Crippen LogP contribution in [0.3, 0.4) is 0 Å². The zero-order valence-electron chi connectivity index (χ0n) is 17.1. The second-order valence-electron chi connectivity index (χ2n) is 7.54. The minimum atomic E-state index is -0.0879. The minimum absolute atomic E-state index is 0.0879. The molecule has 0 aliphatic carbocycles. The normalized spacial score (nSPS) is 17.7. The van der Waals surface area contributed by atoms with Crippen LogP contribution in [0.4, 0.5) is 0 Å². The number of nitrogens with zero attached hydrogens (tertiary/aromatic N) is 3. The van der Waals surface area contributed by atoms with Crippen LogP contribution in [0.1, 0.15) is 53.9 Å². The average molecular weight is 356 g/mol. The molecule has 0 bridgehead atoms. The Morgan fingerprint density at radius 1 is 1.16 bits per heavy atom. The van der Waals surface area contributed by atoms with E-state index in [1.54, 1.807) is 0 Å². The van der Waals surface area contributed by atoms with Gasteiger partial charge in [-0.3, -0.25) is 9.89 Å². The van der Waals surface area contributed by atoms with E-state index < -0.39 is 0 Å². The van der Waals surface area contributed by atoms with Crippen LogP contribution in [0, 0.1) is 0 Å². The summed E-state index contributed by atoms with van der Waals surface area (Å²) in [5.41, 5.74) is 0. The molecule has 25 heavy (non-hydrogen) atoms. The lowest BCUT2D eigenvalue weighted by Gasteiger charge is -2.30. The fourth-order valence-electron chi connectivity index (χ4n) is 3.39. The third kappa shape index (κ3) is 9.42. The number of aliphatic hydroxyl groups excluding tert-OH is 1. The van der Waals surface area contributed by atoms with Crippen molar-refractivity contribution in [3.8, 4) is 0 Å². The first kappa shape index (κ1) is 22.2. The average Bonchev–Trinajstić information content (AvgIpc) is 2.56. The molecule has 0 unspecified atom stereocenters. The Hall–Kier alpha value is -0.850. The molecule has 0 radical (unpaired) electrons. The van der Waals surface area contributed by atoms with E-state index in [9.17, 15) is 5.11 Å². The van der Waals surface area contributed by atoms with E-state index in [0.29, 0.717) is 12.1 Å². The fourth-order valence-corrected chi connectivity index (χ4v) is 3.39. The van der Waals surface area contributed by atoms with Crippen molar-refractivity contribution in [2.75, 3.05) is 45.8 Å². The molecule has 1 rings (SSSR count). The molecule has 148 valence electrons. The summed E-state index contributed by atoms with van der Waals surface area (Å²) in [6.45, 7) is 17.9. The number of hydrogen-bond donors (Lipinski definition) is 3. The number of likely N-dealkylation sites (tertiary alicyclic amines) is 1. The Bertz CT molecular complexity index is 357. The first-order valence-corrected chi connectivity index (χ1v) is 10.1. The molecule has 0 atom stereocenters. The van der Waals surface area contributed by atoms with Crippen molar-refractivity contribution in [3.63, 3.8) is 0 Å². The predicted molar refractivity (Wildman–Crippen MR) is 107 cm³/mol. The molecule has 1 saturated heterocycles. The van der Waals surface area contributed by atoms with Gasteiger partial charge in [0.15, 0.2) is 5.96 Å². The molecule has 1 fully saturated rings. The molecule has 1 heterocycles. The third-order valence-electron chi connectivity index (χ3n) is 4.79. The van der Waals surface area contributed by atoms with Crippen molar-refractivity contribution in [1.29, 1.82) is 0 Å². The number of hydrogen-bond acceptors (Lipinski definition) is 4. The highest BCUT2D eigenvalue weighted by Crippen LogP contribution is 2.09. The monoisotopic (exact) mass is 355 g/mol. The second kappa shape index (κ2) is 12.5. The number of aliphatic hydroxyl groups is 1. The summed E-state index contributed by atoms with van der Waals surface area (Å²) in [6.07, 6.45) is 2.80. The molecule has 0 spiro atoms.